The van der Waals surface area contributed by atoms with Gasteiger partial charge in [0, 0.05) is 14.2 Å². The zero-order valence-corrected chi connectivity index (χ0v) is 10.3. The lowest BCUT2D eigenvalue weighted by atomic mass is 9.68. The van der Waals surface area contributed by atoms with E-state index in [1.165, 1.54) is 14.2 Å². The third kappa shape index (κ3) is 2.54. The minimum absolute atomic E-state index is 0.636. The molecule has 0 saturated heterocycles. The van der Waals surface area contributed by atoms with Gasteiger partial charge in [-0.2, -0.15) is 5.26 Å². The number of hydrogen-bond donors (Lipinski definition) is 1. The van der Waals surface area contributed by atoms with E-state index in [0.717, 1.165) is 25.7 Å². The molecule has 1 N–H and O–H groups in total. The standard InChI is InChI=1S/C12H21NO3/c1-9-4-6-12(8-13,7-5-9)10(14)11(15-2)16-3/h9-11,14H,4-7H2,1-3H3. The van der Waals surface area contributed by atoms with Crippen molar-refractivity contribution in [1.29, 1.82) is 5.26 Å². The first-order valence-corrected chi connectivity index (χ1v) is 5.74. The molecule has 0 spiro atoms. The maximum atomic E-state index is 10.2. The molecule has 0 aliphatic heterocycles. The predicted molar refractivity (Wildman–Crippen MR) is 59.5 cm³/mol. The maximum absolute atomic E-state index is 10.2. The molecule has 16 heavy (non-hydrogen) atoms. The summed E-state index contributed by atoms with van der Waals surface area (Å²) >= 11 is 0. The molecule has 1 aliphatic carbocycles. The van der Waals surface area contributed by atoms with Crippen molar-refractivity contribution in [3.63, 3.8) is 0 Å². The highest BCUT2D eigenvalue weighted by Gasteiger charge is 2.45. The average Bonchev–Trinajstić information content (AvgIpc) is 2.32. The van der Waals surface area contributed by atoms with Crippen LogP contribution in [-0.4, -0.2) is 31.7 Å². The van der Waals surface area contributed by atoms with Crippen LogP contribution in [-0.2, 0) is 9.47 Å². The molecule has 92 valence electrons. The van der Waals surface area contributed by atoms with Crippen LogP contribution in [0.4, 0.5) is 0 Å². The van der Waals surface area contributed by atoms with E-state index in [1.807, 2.05) is 0 Å². The van der Waals surface area contributed by atoms with Crippen LogP contribution in [0.2, 0.25) is 0 Å². The molecule has 0 amide bonds. The summed E-state index contributed by atoms with van der Waals surface area (Å²) in [5, 5.41) is 19.5. The number of aliphatic hydroxyl groups is 1. The van der Waals surface area contributed by atoms with Gasteiger partial charge in [-0.3, -0.25) is 0 Å². The molecule has 0 aromatic carbocycles. The number of rotatable bonds is 4. The third-order valence-corrected chi connectivity index (χ3v) is 3.68. The molecule has 1 unspecified atom stereocenters. The van der Waals surface area contributed by atoms with E-state index in [0.29, 0.717) is 5.92 Å². The highest BCUT2D eigenvalue weighted by atomic mass is 16.7. The van der Waals surface area contributed by atoms with Crippen LogP contribution in [0.15, 0.2) is 0 Å². The molecule has 0 aromatic heterocycles. The second-order valence-corrected chi connectivity index (χ2v) is 4.74. The van der Waals surface area contributed by atoms with Crippen molar-refractivity contribution in [3.8, 4) is 6.07 Å². The molecule has 0 aromatic rings. The molecule has 1 rings (SSSR count). The van der Waals surface area contributed by atoms with E-state index in [-0.39, 0.29) is 0 Å². The van der Waals surface area contributed by atoms with Crippen molar-refractivity contribution < 1.29 is 14.6 Å². The summed E-state index contributed by atoms with van der Waals surface area (Å²) in [6.45, 7) is 2.18. The molecule has 1 aliphatic rings. The number of hydrogen-bond acceptors (Lipinski definition) is 4. The monoisotopic (exact) mass is 227 g/mol. The Morgan fingerprint density at radius 2 is 1.81 bits per heavy atom. The first-order chi connectivity index (χ1) is 7.59. The average molecular weight is 227 g/mol. The number of nitrogens with zero attached hydrogens (tertiary/aromatic N) is 1. The first-order valence-electron chi connectivity index (χ1n) is 5.74. The van der Waals surface area contributed by atoms with E-state index in [9.17, 15) is 10.4 Å². The van der Waals surface area contributed by atoms with Crippen LogP contribution in [0.3, 0.4) is 0 Å². The van der Waals surface area contributed by atoms with Gasteiger partial charge < -0.3 is 14.6 Å². The van der Waals surface area contributed by atoms with Crippen LogP contribution in [0.1, 0.15) is 32.6 Å². The zero-order chi connectivity index (χ0) is 12.2. The van der Waals surface area contributed by atoms with Gasteiger partial charge in [0.25, 0.3) is 0 Å². The summed E-state index contributed by atoms with van der Waals surface area (Å²) in [6, 6.07) is 2.28. The smallest absolute Gasteiger partial charge is 0.184 e. The Kier molecular flexibility index (Phi) is 4.72. The lowest BCUT2D eigenvalue weighted by molar-refractivity contribution is -0.194. The predicted octanol–water partition coefficient (Wildman–Crippen LogP) is 1.69. The van der Waals surface area contributed by atoms with E-state index >= 15 is 0 Å². The lowest BCUT2D eigenvalue weighted by Crippen LogP contribution is -2.46. The Hall–Kier alpha value is -0.630. The molecule has 4 heteroatoms. The quantitative estimate of drug-likeness (QED) is 0.742. The topological polar surface area (TPSA) is 62.5 Å². The third-order valence-electron chi connectivity index (χ3n) is 3.68. The van der Waals surface area contributed by atoms with Gasteiger partial charge in [0.1, 0.15) is 6.10 Å². The molecular formula is C12H21NO3. The first kappa shape index (κ1) is 13.4. The lowest BCUT2D eigenvalue weighted by Gasteiger charge is -2.39. The van der Waals surface area contributed by atoms with Crippen molar-refractivity contribution in [2.45, 2.75) is 45.0 Å². The van der Waals surface area contributed by atoms with Crippen LogP contribution in [0.5, 0.6) is 0 Å². The van der Waals surface area contributed by atoms with Crippen LogP contribution in [0, 0.1) is 22.7 Å². The summed E-state index contributed by atoms with van der Waals surface area (Å²) < 4.78 is 10.1. The fourth-order valence-electron chi connectivity index (χ4n) is 2.37. The van der Waals surface area contributed by atoms with Crippen molar-refractivity contribution in [1.82, 2.24) is 0 Å². The molecular weight excluding hydrogens is 206 g/mol. The number of ether oxygens (including phenoxy) is 2. The van der Waals surface area contributed by atoms with Gasteiger partial charge >= 0.3 is 0 Å². The van der Waals surface area contributed by atoms with E-state index in [4.69, 9.17) is 9.47 Å². The Bertz CT molecular complexity index is 249. The fourth-order valence-corrected chi connectivity index (χ4v) is 2.37. The molecule has 0 radical (unpaired) electrons. The Morgan fingerprint density at radius 1 is 1.31 bits per heavy atom. The molecule has 1 fully saturated rings. The fraction of sp³-hybridized carbons (Fsp3) is 0.917. The Labute approximate surface area is 97.2 Å². The minimum atomic E-state index is -0.875. The number of aliphatic hydroxyl groups excluding tert-OH is 1. The van der Waals surface area contributed by atoms with E-state index in [1.54, 1.807) is 0 Å². The normalized spacial score (nSPS) is 32.4. The second-order valence-electron chi connectivity index (χ2n) is 4.74. The van der Waals surface area contributed by atoms with Crippen LogP contribution >= 0.6 is 0 Å². The summed E-state index contributed by atoms with van der Waals surface area (Å²) in [5.74, 6) is 0.636. The zero-order valence-electron chi connectivity index (χ0n) is 10.3. The molecule has 0 heterocycles. The van der Waals surface area contributed by atoms with Gasteiger partial charge in [0.2, 0.25) is 0 Å². The van der Waals surface area contributed by atoms with Gasteiger partial charge in [-0.25, -0.2) is 0 Å². The Balaban J connectivity index is 2.76. The number of nitriles is 1. The van der Waals surface area contributed by atoms with Gasteiger partial charge in [-0.15, -0.1) is 0 Å². The molecule has 1 saturated carbocycles. The second kappa shape index (κ2) is 5.62. The highest BCUT2D eigenvalue weighted by molar-refractivity contribution is 5.06. The molecule has 1 atom stereocenters. The molecule has 4 nitrogen and oxygen atoms in total. The van der Waals surface area contributed by atoms with Crippen molar-refractivity contribution in [2.24, 2.45) is 11.3 Å². The summed E-state index contributed by atoms with van der Waals surface area (Å²) in [7, 11) is 2.96. The SMILES string of the molecule is COC(OC)C(O)C1(C#N)CCC(C)CC1. The van der Waals surface area contributed by atoms with E-state index < -0.39 is 17.8 Å². The van der Waals surface area contributed by atoms with Crippen molar-refractivity contribution in [3.05, 3.63) is 0 Å². The number of methoxy groups -OCH3 is 2. The van der Waals surface area contributed by atoms with Crippen molar-refractivity contribution >= 4 is 0 Å². The Morgan fingerprint density at radius 3 is 2.19 bits per heavy atom. The van der Waals surface area contributed by atoms with Gasteiger partial charge in [-0.1, -0.05) is 6.92 Å². The summed E-state index contributed by atoms with van der Waals surface area (Å²) in [6.07, 6.45) is 1.80. The van der Waals surface area contributed by atoms with E-state index in [2.05, 4.69) is 13.0 Å². The van der Waals surface area contributed by atoms with Gasteiger partial charge in [-0.05, 0) is 31.6 Å². The minimum Gasteiger partial charge on any atom is -0.386 e. The van der Waals surface area contributed by atoms with Crippen LogP contribution in [0.25, 0.3) is 0 Å². The summed E-state index contributed by atoms with van der Waals surface area (Å²) in [4.78, 5) is 0. The largest absolute Gasteiger partial charge is 0.386 e. The van der Waals surface area contributed by atoms with Crippen molar-refractivity contribution in [2.75, 3.05) is 14.2 Å². The maximum Gasteiger partial charge on any atom is 0.184 e. The summed E-state index contributed by atoms with van der Waals surface area (Å²) in [5.41, 5.74) is -0.705. The highest BCUT2D eigenvalue weighted by Crippen LogP contribution is 2.42. The van der Waals surface area contributed by atoms with Crippen LogP contribution < -0.4 is 0 Å². The van der Waals surface area contributed by atoms with Gasteiger partial charge in [0.05, 0.1) is 11.5 Å². The van der Waals surface area contributed by atoms with Gasteiger partial charge in [0.15, 0.2) is 6.29 Å². The molecule has 0 bridgehead atoms.